The summed E-state index contributed by atoms with van der Waals surface area (Å²) in [5.74, 6) is 1.69. The van der Waals surface area contributed by atoms with Crippen LogP contribution in [-0.4, -0.2) is 6.04 Å². The summed E-state index contributed by atoms with van der Waals surface area (Å²) in [5.41, 5.74) is 1.14. The standard InChI is InChI=1S/C16H15ClINO/c17-12-6-5-11(10-19-13-7-8-13)16(9-12)20-15-4-2-1-3-14(15)18/h1-6,9,13,19H,7-8,10H2. The molecule has 3 rings (SSSR count). The van der Waals surface area contributed by atoms with Crippen LogP contribution in [0.1, 0.15) is 18.4 Å². The molecule has 0 unspecified atom stereocenters. The molecule has 0 atom stereocenters. The summed E-state index contributed by atoms with van der Waals surface area (Å²) in [4.78, 5) is 0. The molecule has 0 radical (unpaired) electrons. The second kappa shape index (κ2) is 6.33. The lowest BCUT2D eigenvalue weighted by Crippen LogP contribution is -2.15. The zero-order chi connectivity index (χ0) is 13.9. The molecule has 2 nitrogen and oxygen atoms in total. The number of ether oxygens (including phenoxy) is 1. The fraction of sp³-hybridized carbons (Fsp3) is 0.250. The van der Waals surface area contributed by atoms with Crippen molar-refractivity contribution in [1.82, 2.24) is 5.32 Å². The molecule has 2 aromatic carbocycles. The smallest absolute Gasteiger partial charge is 0.140 e. The fourth-order valence-electron chi connectivity index (χ4n) is 1.96. The van der Waals surface area contributed by atoms with Crippen molar-refractivity contribution in [3.63, 3.8) is 0 Å². The van der Waals surface area contributed by atoms with Gasteiger partial charge in [-0.1, -0.05) is 29.8 Å². The Balaban J connectivity index is 1.82. The van der Waals surface area contributed by atoms with Gasteiger partial charge in [0.05, 0.1) is 3.57 Å². The number of halogens is 2. The normalized spacial score (nSPS) is 14.3. The molecule has 1 N–H and O–H groups in total. The summed E-state index contributed by atoms with van der Waals surface area (Å²) in [6.45, 7) is 0.820. The molecule has 0 amide bonds. The van der Waals surface area contributed by atoms with E-state index in [-0.39, 0.29) is 0 Å². The van der Waals surface area contributed by atoms with Crippen LogP contribution in [0.3, 0.4) is 0 Å². The summed E-state index contributed by atoms with van der Waals surface area (Å²) >= 11 is 8.37. The number of nitrogens with one attached hydrogen (secondary N) is 1. The lowest BCUT2D eigenvalue weighted by atomic mass is 10.2. The van der Waals surface area contributed by atoms with Crippen molar-refractivity contribution >= 4 is 34.2 Å². The van der Waals surface area contributed by atoms with E-state index >= 15 is 0 Å². The minimum absolute atomic E-state index is 0.676. The van der Waals surface area contributed by atoms with Crippen molar-refractivity contribution in [2.45, 2.75) is 25.4 Å². The Morgan fingerprint density at radius 3 is 2.70 bits per heavy atom. The number of hydrogen-bond donors (Lipinski definition) is 1. The van der Waals surface area contributed by atoms with Crippen LogP contribution in [0.4, 0.5) is 0 Å². The van der Waals surface area contributed by atoms with Crippen LogP contribution >= 0.6 is 34.2 Å². The van der Waals surface area contributed by atoms with Crippen molar-refractivity contribution < 1.29 is 4.74 Å². The third-order valence-corrected chi connectivity index (χ3v) is 4.37. The van der Waals surface area contributed by atoms with Crippen LogP contribution in [-0.2, 0) is 6.54 Å². The molecular formula is C16H15ClINO. The molecule has 0 aromatic heterocycles. The van der Waals surface area contributed by atoms with Gasteiger partial charge in [0.2, 0.25) is 0 Å². The molecule has 1 saturated carbocycles. The molecule has 1 aliphatic carbocycles. The van der Waals surface area contributed by atoms with Gasteiger partial charge in [-0.15, -0.1) is 0 Å². The van der Waals surface area contributed by atoms with Crippen molar-refractivity contribution in [2.75, 3.05) is 0 Å². The van der Waals surface area contributed by atoms with Gasteiger partial charge in [-0.05, 0) is 59.7 Å². The predicted octanol–water partition coefficient (Wildman–Crippen LogP) is 4.99. The van der Waals surface area contributed by atoms with Gasteiger partial charge in [0.25, 0.3) is 0 Å². The van der Waals surface area contributed by atoms with Crippen LogP contribution in [0, 0.1) is 3.57 Å². The summed E-state index contributed by atoms with van der Waals surface area (Å²) in [6, 6.07) is 14.5. The zero-order valence-electron chi connectivity index (χ0n) is 10.9. The first-order valence-electron chi connectivity index (χ1n) is 6.66. The second-order valence-electron chi connectivity index (χ2n) is 4.94. The highest BCUT2D eigenvalue weighted by Gasteiger charge is 2.20. The van der Waals surface area contributed by atoms with Gasteiger partial charge in [-0.2, -0.15) is 0 Å². The van der Waals surface area contributed by atoms with Crippen molar-refractivity contribution in [3.05, 3.63) is 56.6 Å². The van der Waals surface area contributed by atoms with Gasteiger partial charge in [0.15, 0.2) is 0 Å². The first kappa shape index (κ1) is 14.2. The summed E-state index contributed by atoms with van der Waals surface area (Å²) < 4.78 is 7.13. The first-order valence-corrected chi connectivity index (χ1v) is 8.12. The van der Waals surface area contributed by atoms with E-state index < -0.39 is 0 Å². The first-order chi connectivity index (χ1) is 9.72. The molecule has 1 aliphatic rings. The minimum atomic E-state index is 0.676. The highest BCUT2D eigenvalue weighted by atomic mass is 127. The summed E-state index contributed by atoms with van der Waals surface area (Å²) in [7, 11) is 0. The number of para-hydroxylation sites is 1. The third-order valence-electron chi connectivity index (χ3n) is 3.24. The Morgan fingerprint density at radius 2 is 1.95 bits per heavy atom. The second-order valence-corrected chi connectivity index (χ2v) is 6.54. The van der Waals surface area contributed by atoms with E-state index in [0.29, 0.717) is 11.1 Å². The Morgan fingerprint density at radius 1 is 1.15 bits per heavy atom. The fourth-order valence-corrected chi connectivity index (χ4v) is 2.62. The summed E-state index contributed by atoms with van der Waals surface area (Å²) in [6.07, 6.45) is 2.56. The Kier molecular flexibility index (Phi) is 4.48. The van der Waals surface area contributed by atoms with E-state index in [2.05, 4.69) is 27.9 Å². The van der Waals surface area contributed by atoms with E-state index in [1.807, 2.05) is 42.5 Å². The molecule has 1 fully saturated rings. The molecule has 2 aromatic rings. The van der Waals surface area contributed by atoms with E-state index in [0.717, 1.165) is 27.2 Å². The number of rotatable bonds is 5. The molecule has 20 heavy (non-hydrogen) atoms. The maximum absolute atomic E-state index is 6.10. The molecule has 4 heteroatoms. The number of benzene rings is 2. The highest BCUT2D eigenvalue weighted by Crippen LogP contribution is 2.31. The van der Waals surface area contributed by atoms with Crippen molar-refractivity contribution in [1.29, 1.82) is 0 Å². The van der Waals surface area contributed by atoms with E-state index in [4.69, 9.17) is 16.3 Å². The van der Waals surface area contributed by atoms with Crippen LogP contribution in [0.5, 0.6) is 11.5 Å². The predicted molar refractivity (Wildman–Crippen MR) is 90.5 cm³/mol. The number of hydrogen-bond acceptors (Lipinski definition) is 2. The molecule has 0 spiro atoms. The molecule has 0 heterocycles. The molecule has 0 aliphatic heterocycles. The summed E-state index contributed by atoms with van der Waals surface area (Å²) in [5, 5.41) is 4.20. The zero-order valence-corrected chi connectivity index (χ0v) is 13.8. The molecular weight excluding hydrogens is 385 g/mol. The topological polar surface area (TPSA) is 21.3 Å². The van der Waals surface area contributed by atoms with Gasteiger partial charge in [0.1, 0.15) is 11.5 Å². The van der Waals surface area contributed by atoms with Gasteiger partial charge < -0.3 is 10.1 Å². The van der Waals surface area contributed by atoms with E-state index in [1.54, 1.807) is 0 Å². The van der Waals surface area contributed by atoms with Crippen molar-refractivity contribution in [2.24, 2.45) is 0 Å². The average Bonchev–Trinajstić information content (AvgIpc) is 3.25. The van der Waals surface area contributed by atoms with Gasteiger partial charge in [-0.25, -0.2) is 0 Å². The molecule has 104 valence electrons. The van der Waals surface area contributed by atoms with E-state index in [1.165, 1.54) is 12.8 Å². The monoisotopic (exact) mass is 399 g/mol. The third kappa shape index (κ3) is 3.65. The van der Waals surface area contributed by atoms with Crippen LogP contribution in [0.25, 0.3) is 0 Å². The SMILES string of the molecule is Clc1ccc(CNC2CC2)c(Oc2ccccc2I)c1. The van der Waals surface area contributed by atoms with Gasteiger partial charge in [-0.3, -0.25) is 0 Å². The molecule has 0 saturated heterocycles. The van der Waals surface area contributed by atoms with Crippen LogP contribution in [0.2, 0.25) is 5.02 Å². The maximum atomic E-state index is 6.10. The van der Waals surface area contributed by atoms with Crippen LogP contribution < -0.4 is 10.1 Å². The van der Waals surface area contributed by atoms with E-state index in [9.17, 15) is 0 Å². The van der Waals surface area contributed by atoms with Gasteiger partial charge in [0, 0.05) is 23.2 Å². The maximum Gasteiger partial charge on any atom is 0.140 e. The van der Waals surface area contributed by atoms with Gasteiger partial charge >= 0.3 is 0 Å². The largest absolute Gasteiger partial charge is 0.456 e. The molecule has 0 bridgehead atoms. The highest BCUT2D eigenvalue weighted by molar-refractivity contribution is 14.1. The van der Waals surface area contributed by atoms with Crippen molar-refractivity contribution in [3.8, 4) is 11.5 Å². The average molecular weight is 400 g/mol. The lowest BCUT2D eigenvalue weighted by molar-refractivity contribution is 0.469. The minimum Gasteiger partial charge on any atom is -0.456 e. The Hall–Kier alpha value is -0.780. The lowest BCUT2D eigenvalue weighted by Gasteiger charge is -2.13. The Bertz CT molecular complexity index is 613. The Labute approximate surface area is 137 Å². The quantitative estimate of drug-likeness (QED) is 0.715. The van der Waals surface area contributed by atoms with Crippen LogP contribution in [0.15, 0.2) is 42.5 Å².